The van der Waals surface area contributed by atoms with Crippen molar-refractivity contribution in [3.8, 4) is 16.9 Å². The van der Waals surface area contributed by atoms with Gasteiger partial charge in [0, 0.05) is 76.7 Å². The summed E-state index contributed by atoms with van der Waals surface area (Å²) in [4.78, 5) is 91.5. The van der Waals surface area contributed by atoms with E-state index in [9.17, 15) is 69.5 Å². The third-order valence-electron chi connectivity index (χ3n) is 16.9. The molecular formula is C68H89N11O18S3. The van der Waals surface area contributed by atoms with Gasteiger partial charge in [-0.05, 0) is 163 Å². The number of aliphatic imine (C=N–C) groups is 1. The Balaban J connectivity index is 0.977. The van der Waals surface area contributed by atoms with Gasteiger partial charge in [0.05, 0.1) is 14.7 Å². The first-order valence-corrected chi connectivity index (χ1v) is 37.3. The summed E-state index contributed by atoms with van der Waals surface area (Å²) < 4.78 is 106. The molecule has 5 aromatic rings. The van der Waals surface area contributed by atoms with E-state index in [1.54, 1.807) is 20.8 Å². The Bertz CT molecular complexity index is 4190. The maximum absolute atomic E-state index is 14.5. The lowest BCUT2D eigenvalue weighted by Gasteiger charge is -2.35. The standard InChI is InChI=1S/C68H89N11O18S3/c1-45-46(2)63(47(3)48-33-35-68(7,8)97-62(45)48)98(89,90)75-65(69)72-37-20-27-54(74-60(81)34-39-70-59(80)32-10-9-19-36-73-66(84)95-44-53-51-25-13-11-23-49(51)50-24-12-14-26-52(50)53)64(83)71-38-21-40-76(99(91,92)57-30-17-15-28-55(57)78(85)86)41-22-42-77(43-61(82)96-67(4,5)6)100(93,94)58-31-18-16-29-56(58)79(87)88/h11-18,23-26,28-31,53-54H,9-10,19-22,27,32-44H2,1-8H3,(H,70,80)(H,71,83)(H,73,84)(H,74,81)(H3,69,72,75)/t54-/m0/s1. The summed E-state index contributed by atoms with van der Waals surface area (Å²) in [5.74, 6) is -2.67. The molecule has 7 N–H and O–H groups in total. The van der Waals surface area contributed by atoms with E-state index in [1.807, 2.05) is 50.2 Å². The average Bonchev–Trinajstić information content (AvgIpc) is 0.951. The molecule has 0 bridgehead atoms. The molecule has 1 aliphatic carbocycles. The van der Waals surface area contributed by atoms with Gasteiger partial charge in [-0.2, -0.15) is 8.61 Å². The predicted molar refractivity (Wildman–Crippen MR) is 373 cm³/mol. The number of alkyl carbamates (subject to hydrolysis) is 1. The third-order valence-corrected chi connectivity index (χ3v) is 22.4. The number of esters is 1. The van der Waals surface area contributed by atoms with Gasteiger partial charge in [-0.3, -0.25) is 44.4 Å². The number of fused-ring (bicyclic) bond motifs is 4. The maximum Gasteiger partial charge on any atom is 0.407 e. The highest BCUT2D eigenvalue weighted by molar-refractivity contribution is 7.90. The van der Waals surface area contributed by atoms with Gasteiger partial charge in [-0.1, -0.05) is 79.2 Å². The molecule has 100 heavy (non-hydrogen) atoms. The Kier molecular flexibility index (Phi) is 26.8. The van der Waals surface area contributed by atoms with Crippen molar-refractivity contribution in [1.82, 2.24) is 34.6 Å². The van der Waals surface area contributed by atoms with Gasteiger partial charge in [0.2, 0.25) is 43.7 Å². The molecule has 1 aliphatic heterocycles. The van der Waals surface area contributed by atoms with Crippen LogP contribution in [0.1, 0.15) is 138 Å². The number of nitro groups is 2. The third kappa shape index (κ3) is 20.8. The topological polar surface area (TPSA) is 407 Å². The Morgan fingerprint density at radius 2 is 1.24 bits per heavy atom. The van der Waals surface area contributed by atoms with E-state index in [1.165, 1.54) is 45.0 Å². The molecule has 7 rings (SSSR count). The van der Waals surface area contributed by atoms with Crippen LogP contribution in [0.3, 0.4) is 0 Å². The van der Waals surface area contributed by atoms with E-state index in [-0.39, 0.29) is 81.5 Å². The summed E-state index contributed by atoms with van der Waals surface area (Å²) in [6.07, 6.45) is 1.55. The van der Waals surface area contributed by atoms with E-state index in [0.717, 1.165) is 56.4 Å². The number of nitrogens with two attached hydrogens (primary N) is 1. The molecule has 542 valence electrons. The molecule has 0 unspecified atom stereocenters. The summed E-state index contributed by atoms with van der Waals surface area (Å²) in [7, 11) is -14.0. The number of guanidine groups is 1. The number of carbonyl (C=O) groups excluding carboxylic acids is 5. The molecule has 0 fully saturated rings. The van der Waals surface area contributed by atoms with Crippen molar-refractivity contribution in [3.63, 3.8) is 0 Å². The minimum absolute atomic E-state index is 0.0343. The van der Waals surface area contributed by atoms with Crippen LogP contribution in [0.2, 0.25) is 0 Å². The molecule has 4 amide bonds. The number of benzene rings is 5. The average molecular weight is 1440 g/mol. The largest absolute Gasteiger partial charge is 0.487 e. The van der Waals surface area contributed by atoms with Crippen LogP contribution in [0.15, 0.2) is 117 Å². The maximum atomic E-state index is 14.5. The first-order valence-electron chi connectivity index (χ1n) is 32.9. The molecule has 0 spiro atoms. The Hall–Kier alpha value is -9.11. The number of amides is 4. The van der Waals surface area contributed by atoms with Gasteiger partial charge in [0.1, 0.15) is 36.1 Å². The zero-order chi connectivity index (χ0) is 73.3. The molecule has 5 aromatic carbocycles. The number of rotatable bonds is 35. The zero-order valence-electron chi connectivity index (χ0n) is 57.4. The summed E-state index contributed by atoms with van der Waals surface area (Å²) >= 11 is 0. The van der Waals surface area contributed by atoms with Gasteiger partial charge >= 0.3 is 12.1 Å². The fraction of sp³-hybridized carbons (Fsp3) is 0.471. The fourth-order valence-electron chi connectivity index (χ4n) is 11.9. The van der Waals surface area contributed by atoms with Crippen LogP contribution in [0.4, 0.5) is 16.2 Å². The van der Waals surface area contributed by atoms with E-state index >= 15 is 0 Å². The number of carbonyl (C=O) groups is 5. The van der Waals surface area contributed by atoms with Crippen LogP contribution >= 0.6 is 0 Å². The summed E-state index contributed by atoms with van der Waals surface area (Å²) in [6.45, 7) is 11.1. The SMILES string of the molecule is Cc1c(C)c(S(=O)(=O)NC(N)=NCCC[C@H](NC(=O)CCNC(=O)CCCCCNC(=O)OCC2c3ccccc3-c3ccccc32)C(=O)NCCCN(CCCN(CC(=O)OC(C)(C)C)S(=O)(=O)c2ccccc2[N+](=O)[O-])S(=O)(=O)c2ccccc2[N+](=O)[O-])c(C)c2c1OC(C)(C)CC2. The number of nitrogens with zero attached hydrogens (tertiary/aromatic N) is 5. The quantitative estimate of drug-likeness (QED) is 0.00567. The minimum Gasteiger partial charge on any atom is -0.487 e. The van der Waals surface area contributed by atoms with Gasteiger partial charge in [0.25, 0.3) is 21.4 Å². The number of hydrogen-bond donors (Lipinski definition) is 6. The van der Waals surface area contributed by atoms with E-state index < -0.39 is 134 Å². The number of para-hydroxylation sites is 2. The highest BCUT2D eigenvalue weighted by Gasteiger charge is 2.38. The highest BCUT2D eigenvalue weighted by atomic mass is 32.2. The predicted octanol–water partition coefficient (Wildman–Crippen LogP) is 7.62. The lowest BCUT2D eigenvalue weighted by Crippen LogP contribution is -2.48. The second-order valence-corrected chi connectivity index (χ2v) is 31.4. The number of hydrogen-bond acceptors (Lipinski definition) is 19. The molecule has 0 saturated heterocycles. The number of sulfonamides is 3. The van der Waals surface area contributed by atoms with Crippen molar-refractivity contribution in [2.24, 2.45) is 10.7 Å². The van der Waals surface area contributed by atoms with Gasteiger partial charge in [-0.15, -0.1) is 0 Å². The monoisotopic (exact) mass is 1440 g/mol. The number of nitro benzene ring substituents is 2. The van der Waals surface area contributed by atoms with E-state index in [2.05, 4.69) is 43.1 Å². The number of nitrogens with one attached hydrogen (secondary N) is 5. The first-order chi connectivity index (χ1) is 47.1. The van der Waals surface area contributed by atoms with Crippen LogP contribution in [0.5, 0.6) is 5.75 Å². The van der Waals surface area contributed by atoms with Crippen molar-refractivity contribution in [3.05, 3.63) is 151 Å². The van der Waals surface area contributed by atoms with Crippen molar-refractivity contribution >= 4 is 77.2 Å². The normalized spacial score (nSPS) is 14.0. The smallest absolute Gasteiger partial charge is 0.407 e. The van der Waals surface area contributed by atoms with Crippen molar-refractivity contribution < 1.29 is 73.3 Å². The van der Waals surface area contributed by atoms with Crippen LogP contribution in [0.25, 0.3) is 11.1 Å². The van der Waals surface area contributed by atoms with Crippen molar-refractivity contribution in [1.29, 1.82) is 0 Å². The Morgan fingerprint density at radius 1 is 0.680 bits per heavy atom. The van der Waals surface area contributed by atoms with Crippen molar-refractivity contribution in [2.75, 3.05) is 59.0 Å². The fourth-order valence-corrected chi connectivity index (χ4v) is 16.7. The van der Waals surface area contributed by atoms with E-state index in [4.69, 9.17) is 19.9 Å². The minimum atomic E-state index is -4.87. The molecule has 1 atom stereocenters. The molecule has 0 aromatic heterocycles. The van der Waals surface area contributed by atoms with Crippen LogP contribution < -0.4 is 36.5 Å². The van der Waals surface area contributed by atoms with E-state index in [0.29, 0.717) is 65.4 Å². The molecule has 0 radical (unpaired) electrons. The van der Waals surface area contributed by atoms with Crippen molar-refractivity contribution in [2.45, 2.75) is 164 Å². The summed E-state index contributed by atoms with van der Waals surface area (Å²) in [5.41, 5.74) is 9.89. The second kappa shape index (κ2) is 34.3. The highest BCUT2D eigenvalue weighted by Crippen LogP contribution is 2.45. The molecule has 2 aliphatic rings. The molecular weight excluding hydrogens is 1360 g/mol. The van der Waals surface area contributed by atoms with Gasteiger partial charge in [0.15, 0.2) is 9.79 Å². The molecule has 1 heterocycles. The lowest BCUT2D eigenvalue weighted by molar-refractivity contribution is -0.388. The second-order valence-electron chi connectivity index (χ2n) is 25.9. The molecule has 29 nitrogen and oxygen atoms in total. The summed E-state index contributed by atoms with van der Waals surface area (Å²) in [6, 6.07) is 23.7. The zero-order valence-corrected chi connectivity index (χ0v) is 59.9. The summed E-state index contributed by atoms with van der Waals surface area (Å²) in [5, 5.41) is 35.0. The Morgan fingerprint density at radius 3 is 1.85 bits per heavy atom. The van der Waals surface area contributed by atoms with Crippen LogP contribution in [-0.4, -0.2) is 156 Å². The number of ether oxygens (including phenoxy) is 3. The first kappa shape index (κ1) is 78.2. The molecule has 0 saturated carbocycles. The Labute approximate surface area is 583 Å². The number of unbranched alkanes of at least 4 members (excludes halogenated alkanes) is 2. The van der Waals surface area contributed by atoms with Gasteiger partial charge < -0.3 is 41.2 Å². The lowest BCUT2D eigenvalue weighted by atomic mass is 9.88. The molecule has 32 heteroatoms. The van der Waals surface area contributed by atoms with Crippen LogP contribution in [0, 0.1) is 41.0 Å². The van der Waals surface area contributed by atoms with Gasteiger partial charge in [-0.25, -0.2) is 34.8 Å². The van der Waals surface area contributed by atoms with Crippen LogP contribution in [-0.2, 0) is 65.1 Å².